The molecule has 1 aromatic heterocycles. The monoisotopic (exact) mass is 119 g/mol. The van der Waals surface area contributed by atoms with E-state index in [1.54, 1.807) is 6.92 Å². The van der Waals surface area contributed by atoms with Gasteiger partial charge in [-0.2, -0.15) is 0 Å². The summed E-state index contributed by atoms with van der Waals surface area (Å²) in [4.78, 5) is 10.7. The van der Waals surface area contributed by atoms with Crippen LogP contribution in [0, 0.1) is 13.5 Å². The smallest absolute Gasteiger partial charge is 0.225 e. The Kier molecular flexibility index (Phi) is 1.41. The predicted octanol–water partition coefficient (Wildman–Crippen LogP) is 1.34. The van der Waals surface area contributed by atoms with Gasteiger partial charge in [0.25, 0.3) is 0 Å². The summed E-state index contributed by atoms with van der Waals surface area (Å²) in [5.74, 6) is 0. The molecule has 0 radical (unpaired) electrons. The summed E-state index contributed by atoms with van der Waals surface area (Å²) >= 11 is 0. The van der Waals surface area contributed by atoms with Gasteiger partial charge in [0.2, 0.25) is 5.69 Å². The molecule has 0 fully saturated rings. The first-order chi connectivity index (χ1) is 4.34. The highest BCUT2D eigenvalue weighted by atomic mass is 14.9. The number of rotatable bonds is 0. The van der Waals surface area contributed by atoms with Crippen molar-refractivity contribution in [3.63, 3.8) is 0 Å². The molecule has 0 aromatic carbocycles. The first-order valence-corrected chi connectivity index (χ1v) is 2.48. The highest BCUT2D eigenvalue weighted by Gasteiger charge is 1.93. The van der Waals surface area contributed by atoms with Gasteiger partial charge in [-0.25, -0.2) is 4.85 Å². The van der Waals surface area contributed by atoms with Crippen LogP contribution < -0.4 is 0 Å². The summed E-state index contributed by atoms with van der Waals surface area (Å²) < 4.78 is 0. The Morgan fingerprint density at radius 2 is 2.44 bits per heavy atom. The highest BCUT2D eigenvalue weighted by Crippen LogP contribution is 2.11. The second kappa shape index (κ2) is 2.23. The number of hydrogen-bond acceptors (Lipinski definition) is 2. The van der Waals surface area contributed by atoms with E-state index < -0.39 is 0 Å². The van der Waals surface area contributed by atoms with Crippen LogP contribution in [0.25, 0.3) is 4.85 Å². The van der Waals surface area contributed by atoms with Gasteiger partial charge in [0.05, 0.1) is 6.57 Å². The lowest BCUT2D eigenvalue weighted by Crippen LogP contribution is -1.79. The minimum absolute atomic E-state index is 0.525. The third-order valence-electron chi connectivity index (χ3n) is 1.01. The van der Waals surface area contributed by atoms with Crippen molar-refractivity contribution in [2.75, 3.05) is 0 Å². The molecule has 3 nitrogen and oxygen atoms in total. The molecule has 44 valence electrons. The molecular formula is C6H5N3. The topological polar surface area (TPSA) is 30.1 Å². The Bertz CT molecular complexity index is 249. The molecule has 1 heterocycles. The maximum absolute atomic E-state index is 6.63. The van der Waals surface area contributed by atoms with Crippen LogP contribution in [0.1, 0.15) is 5.69 Å². The van der Waals surface area contributed by atoms with E-state index >= 15 is 0 Å². The summed E-state index contributed by atoms with van der Waals surface area (Å²) in [6, 6.07) is 0. The first kappa shape index (κ1) is 5.70. The molecule has 0 bridgehead atoms. The summed E-state index contributed by atoms with van der Waals surface area (Å²) in [5.41, 5.74) is 1.26. The lowest BCUT2D eigenvalue weighted by molar-refractivity contribution is 1.11. The second-order valence-electron chi connectivity index (χ2n) is 1.61. The summed E-state index contributed by atoms with van der Waals surface area (Å²) in [6.07, 6.45) is 2.94. The zero-order valence-corrected chi connectivity index (χ0v) is 5.00. The van der Waals surface area contributed by atoms with E-state index in [2.05, 4.69) is 14.8 Å². The van der Waals surface area contributed by atoms with E-state index in [1.807, 2.05) is 0 Å². The first-order valence-electron chi connectivity index (χ1n) is 2.48. The highest BCUT2D eigenvalue weighted by molar-refractivity contribution is 5.45. The van der Waals surface area contributed by atoms with Crippen LogP contribution in [0.3, 0.4) is 0 Å². The summed E-state index contributed by atoms with van der Waals surface area (Å²) in [6.45, 7) is 8.42. The Morgan fingerprint density at radius 3 is 2.89 bits per heavy atom. The van der Waals surface area contributed by atoms with Crippen molar-refractivity contribution in [2.24, 2.45) is 0 Å². The van der Waals surface area contributed by atoms with Gasteiger partial charge in [0.15, 0.2) is 0 Å². The molecule has 0 amide bonds. The zero-order valence-electron chi connectivity index (χ0n) is 5.00. The van der Waals surface area contributed by atoms with Gasteiger partial charge in [-0.05, 0) is 6.92 Å². The number of aryl methyl sites for hydroxylation is 1. The molecule has 0 N–H and O–H groups in total. The van der Waals surface area contributed by atoms with Gasteiger partial charge < -0.3 is 0 Å². The maximum Gasteiger partial charge on any atom is 0.225 e. The summed E-state index contributed by atoms with van der Waals surface area (Å²) in [5, 5.41) is 0. The van der Waals surface area contributed by atoms with E-state index in [-0.39, 0.29) is 0 Å². The van der Waals surface area contributed by atoms with E-state index in [9.17, 15) is 0 Å². The van der Waals surface area contributed by atoms with E-state index in [4.69, 9.17) is 6.57 Å². The van der Waals surface area contributed by atoms with Gasteiger partial charge in [-0.3, -0.25) is 9.97 Å². The van der Waals surface area contributed by atoms with Crippen LogP contribution in [0.2, 0.25) is 0 Å². The molecule has 0 aliphatic carbocycles. The molecule has 3 heteroatoms. The van der Waals surface area contributed by atoms with Crippen molar-refractivity contribution in [3.05, 3.63) is 29.6 Å². The lowest BCUT2D eigenvalue weighted by Gasteiger charge is -1.89. The standard InChI is InChI=1S/C6H5N3/c1-5-6(7-2)3-8-4-9-5/h3-4H,1H3. The fraction of sp³-hybridized carbons (Fsp3) is 0.167. The average Bonchev–Trinajstić information content (AvgIpc) is 1.89. The normalized spacial score (nSPS) is 8.44. The Morgan fingerprint density at radius 1 is 1.67 bits per heavy atom. The predicted molar refractivity (Wildman–Crippen MR) is 33.0 cm³/mol. The minimum atomic E-state index is 0.525. The van der Waals surface area contributed by atoms with Crippen molar-refractivity contribution in [1.82, 2.24) is 9.97 Å². The van der Waals surface area contributed by atoms with E-state index in [1.165, 1.54) is 12.5 Å². The van der Waals surface area contributed by atoms with Crippen LogP contribution in [0.4, 0.5) is 5.69 Å². The van der Waals surface area contributed by atoms with Crippen LogP contribution in [-0.2, 0) is 0 Å². The molecule has 0 saturated carbocycles. The third-order valence-corrected chi connectivity index (χ3v) is 1.01. The van der Waals surface area contributed by atoms with Crippen LogP contribution in [-0.4, -0.2) is 9.97 Å². The van der Waals surface area contributed by atoms with Gasteiger partial charge >= 0.3 is 0 Å². The van der Waals surface area contributed by atoms with Crippen molar-refractivity contribution in [1.29, 1.82) is 0 Å². The molecule has 0 aliphatic heterocycles. The molecule has 1 aromatic rings. The SMILES string of the molecule is [C-]#[N+]c1cncnc1C. The Hall–Kier alpha value is -1.43. The van der Waals surface area contributed by atoms with E-state index in [0.29, 0.717) is 5.69 Å². The van der Waals surface area contributed by atoms with Crippen LogP contribution in [0.15, 0.2) is 12.5 Å². The molecule has 0 unspecified atom stereocenters. The molecule has 1 rings (SSSR count). The third kappa shape index (κ3) is 1.03. The van der Waals surface area contributed by atoms with Gasteiger partial charge in [0, 0.05) is 11.9 Å². The maximum atomic E-state index is 6.63. The fourth-order valence-corrected chi connectivity index (χ4v) is 0.493. The Labute approximate surface area is 53.2 Å². The molecular weight excluding hydrogens is 114 g/mol. The van der Waals surface area contributed by atoms with Crippen LogP contribution >= 0.6 is 0 Å². The summed E-state index contributed by atoms with van der Waals surface area (Å²) in [7, 11) is 0. The number of nitrogens with zero attached hydrogens (tertiary/aromatic N) is 3. The quantitative estimate of drug-likeness (QED) is 0.482. The van der Waals surface area contributed by atoms with Gasteiger partial charge in [0.1, 0.15) is 6.33 Å². The lowest BCUT2D eigenvalue weighted by atomic mass is 10.4. The molecule has 9 heavy (non-hydrogen) atoms. The Balaban J connectivity index is 3.20. The number of hydrogen-bond donors (Lipinski definition) is 0. The van der Waals surface area contributed by atoms with Crippen molar-refractivity contribution < 1.29 is 0 Å². The largest absolute Gasteiger partial charge is 0.256 e. The fourth-order valence-electron chi connectivity index (χ4n) is 0.493. The van der Waals surface area contributed by atoms with Crippen LogP contribution in [0.5, 0.6) is 0 Å². The van der Waals surface area contributed by atoms with Gasteiger partial charge in [-0.15, -0.1) is 0 Å². The average molecular weight is 119 g/mol. The van der Waals surface area contributed by atoms with E-state index in [0.717, 1.165) is 5.69 Å². The van der Waals surface area contributed by atoms with Crippen molar-refractivity contribution in [2.45, 2.75) is 6.92 Å². The minimum Gasteiger partial charge on any atom is -0.256 e. The molecule has 0 aliphatic rings. The number of aromatic nitrogens is 2. The molecule has 0 spiro atoms. The molecule has 0 saturated heterocycles. The van der Waals surface area contributed by atoms with Crippen molar-refractivity contribution in [3.8, 4) is 0 Å². The molecule has 0 atom stereocenters. The van der Waals surface area contributed by atoms with Gasteiger partial charge in [-0.1, -0.05) is 0 Å². The van der Waals surface area contributed by atoms with Crippen molar-refractivity contribution >= 4 is 5.69 Å². The second-order valence-corrected chi connectivity index (χ2v) is 1.61. The zero-order chi connectivity index (χ0) is 6.69.